The van der Waals surface area contributed by atoms with E-state index in [1.807, 2.05) is 32.0 Å². The number of aryl methyl sites for hydroxylation is 1. The van der Waals surface area contributed by atoms with E-state index in [-0.39, 0.29) is 11.6 Å². The van der Waals surface area contributed by atoms with Crippen molar-refractivity contribution in [3.05, 3.63) is 51.2 Å². The highest BCUT2D eigenvalue weighted by atomic mass is 35.5. The minimum Gasteiger partial charge on any atom is -0.370 e. The summed E-state index contributed by atoms with van der Waals surface area (Å²) in [6, 6.07) is 6.20. The number of aromatic nitrogens is 3. The summed E-state index contributed by atoms with van der Waals surface area (Å²) in [5.74, 6) is 0.966. The highest BCUT2D eigenvalue weighted by Gasteiger charge is 2.32. The number of benzene rings is 1. The number of fused-ring (bicyclic) bond motifs is 1. The van der Waals surface area contributed by atoms with Gasteiger partial charge in [0.1, 0.15) is 5.65 Å². The summed E-state index contributed by atoms with van der Waals surface area (Å²) in [6.07, 6.45) is 5.08. The van der Waals surface area contributed by atoms with Crippen molar-refractivity contribution in [2.45, 2.75) is 59.0 Å². The van der Waals surface area contributed by atoms with E-state index in [1.54, 1.807) is 13.1 Å². The summed E-state index contributed by atoms with van der Waals surface area (Å²) in [5.41, 5.74) is 1.77. The minimum absolute atomic E-state index is 0.251. The van der Waals surface area contributed by atoms with Gasteiger partial charge in [-0.25, -0.2) is 9.37 Å². The van der Waals surface area contributed by atoms with Gasteiger partial charge in [0.15, 0.2) is 5.82 Å². The molecule has 5 rings (SSSR count). The third kappa shape index (κ3) is 5.62. The molecule has 8 nitrogen and oxygen atoms in total. The lowest BCUT2D eigenvalue weighted by Gasteiger charge is -2.41. The molecule has 2 aromatic heterocycles. The highest BCUT2D eigenvalue weighted by molar-refractivity contribution is 6.33. The Morgan fingerprint density at radius 1 is 1.23 bits per heavy atom. The Bertz CT molecular complexity index is 1380. The fourth-order valence-corrected chi connectivity index (χ4v) is 6.60. The predicted octanol–water partition coefficient (Wildman–Crippen LogP) is 5.02. The Morgan fingerprint density at radius 2 is 2.00 bits per heavy atom. The van der Waals surface area contributed by atoms with Gasteiger partial charge in [-0.15, -0.1) is 0 Å². The van der Waals surface area contributed by atoms with Crippen molar-refractivity contribution in [2.24, 2.45) is 11.8 Å². The van der Waals surface area contributed by atoms with E-state index in [0.29, 0.717) is 39.9 Å². The van der Waals surface area contributed by atoms with Gasteiger partial charge in [-0.05, 0) is 63.6 Å². The number of nitrogens with one attached hydrogen (secondary N) is 3. The quantitative estimate of drug-likeness (QED) is 0.377. The number of piperazine rings is 1. The SMILES string of the molecule is CCC(C1CCN(c2ccc(Nc3ncc4c(C)c(F)c(=O)n(C(C)C)c4n3)cc2Cl)CC1)C1CNCCN1. The molecule has 2 fully saturated rings. The smallest absolute Gasteiger partial charge is 0.288 e. The Balaban J connectivity index is 1.30. The van der Waals surface area contributed by atoms with Gasteiger partial charge in [0, 0.05) is 67.6 Å². The van der Waals surface area contributed by atoms with E-state index in [4.69, 9.17) is 11.6 Å². The number of rotatable bonds is 7. The average Bonchev–Trinajstić information content (AvgIpc) is 2.93. The van der Waals surface area contributed by atoms with Crippen molar-refractivity contribution >= 4 is 40.0 Å². The van der Waals surface area contributed by atoms with Crippen molar-refractivity contribution in [3.63, 3.8) is 0 Å². The molecular weight excluding hydrogens is 517 g/mol. The van der Waals surface area contributed by atoms with Crippen LogP contribution in [-0.4, -0.2) is 53.3 Å². The van der Waals surface area contributed by atoms with Crippen LogP contribution in [0, 0.1) is 24.6 Å². The van der Waals surface area contributed by atoms with Crippen LogP contribution < -0.4 is 26.4 Å². The number of hydrogen-bond donors (Lipinski definition) is 3. The predicted molar refractivity (Wildman–Crippen MR) is 157 cm³/mol. The molecule has 210 valence electrons. The van der Waals surface area contributed by atoms with Gasteiger partial charge in [0.2, 0.25) is 5.95 Å². The van der Waals surface area contributed by atoms with Crippen molar-refractivity contribution in [1.29, 1.82) is 0 Å². The summed E-state index contributed by atoms with van der Waals surface area (Å²) < 4.78 is 15.9. The van der Waals surface area contributed by atoms with Crippen molar-refractivity contribution in [3.8, 4) is 0 Å². The second kappa shape index (κ2) is 11.8. The fraction of sp³-hybridized carbons (Fsp3) is 0.552. The van der Waals surface area contributed by atoms with Crippen molar-refractivity contribution in [2.75, 3.05) is 42.9 Å². The first kappa shape index (κ1) is 27.8. The van der Waals surface area contributed by atoms with E-state index < -0.39 is 11.4 Å². The summed E-state index contributed by atoms with van der Waals surface area (Å²) in [4.78, 5) is 23.9. The van der Waals surface area contributed by atoms with Crippen LogP contribution in [0.4, 0.5) is 21.7 Å². The number of piperidine rings is 1. The van der Waals surface area contributed by atoms with Gasteiger partial charge in [-0.3, -0.25) is 9.36 Å². The zero-order valence-electron chi connectivity index (χ0n) is 23.2. The van der Waals surface area contributed by atoms with E-state index in [2.05, 4.69) is 37.7 Å². The maximum atomic E-state index is 14.5. The molecule has 39 heavy (non-hydrogen) atoms. The summed E-state index contributed by atoms with van der Waals surface area (Å²) in [5, 5.41) is 11.7. The molecule has 3 N–H and O–H groups in total. The molecule has 2 aliphatic heterocycles. The lowest BCUT2D eigenvalue weighted by atomic mass is 9.78. The number of halogens is 2. The van der Waals surface area contributed by atoms with Gasteiger partial charge in [-0.1, -0.05) is 24.9 Å². The van der Waals surface area contributed by atoms with Crippen LogP contribution in [0.3, 0.4) is 0 Å². The molecule has 0 amide bonds. The molecule has 2 unspecified atom stereocenters. The van der Waals surface area contributed by atoms with E-state index >= 15 is 0 Å². The van der Waals surface area contributed by atoms with E-state index in [0.717, 1.165) is 56.9 Å². The molecule has 0 radical (unpaired) electrons. The van der Waals surface area contributed by atoms with Crippen LogP contribution in [0.1, 0.15) is 51.6 Å². The van der Waals surface area contributed by atoms with Gasteiger partial charge < -0.3 is 20.9 Å². The standard InChI is InChI=1S/C29H39ClFN7O/c1-5-21(24-16-32-10-11-33-24)19-8-12-37(13-9-19)25-7-6-20(14-23(25)30)35-29-34-15-22-18(4)26(31)28(39)38(17(2)3)27(22)36-29/h6-7,14-15,17,19,21,24,32-33H,5,8-13,16H2,1-4H3,(H,34,35,36). The first-order valence-electron chi connectivity index (χ1n) is 14.1. The molecular formula is C29H39ClFN7O. The van der Waals surface area contributed by atoms with Crippen LogP contribution in [0.15, 0.2) is 29.2 Å². The normalized spacial score (nSPS) is 19.6. The van der Waals surface area contributed by atoms with Crippen LogP contribution in [0.25, 0.3) is 11.0 Å². The molecule has 10 heteroatoms. The lowest BCUT2D eigenvalue weighted by Crippen LogP contribution is -2.54. The van der Waals surface area contributed by atoms with Gasteiger partial charge >= 0.3 is 0 Å². The molecule has 2 atom stereocenters. The summed E-state index contributed by atoms with van der Waals surface area (Å²) >= 11 is 6.77. The number of pyridine rings is 1. The first-order chi connectivity index (χ1) is 18.8. The Kier molecular flexibility index (Phi) is 8.40. The van der Waals surface area contributed by atoms with E-state index in [1.165, 1.54) is 11.0 Å². The van der Waals surface area contributed by atoms with Crippen LogP contribution in [0.5, 0.6) is 0 Å². The molecule has 0 aliphatic carbocycles. The maximum absolute atomic E-state index is 14.5. The molecule has 4 heterocycles. The van der Waals surface area contributed by atoms with Crippen molar-refractivity contribution in [1.82, 2.24) is 25.2 Å². The molecule has 2 saturated heterocycles. The molecule has 0 bridgehead atoms. The van der Waals surface area contributed by atoms with Crippen LogP contribution in [-0.2, 0) is 0 Å². The Morgan fingerprint density at radius 3 is 2.64 bits per heavy atom. The fourth-order valence-electron chi connectivity index (χ4n) is 6.30. The number of hydrogen-bond acceptors (Lipinski definition) is 7. The summed E-state index contributed by atoms with van der Waals surface area (Å²) in [7, 11) is 0. The van der Waals surface area contributed by atoms with Gasteiger partial charge in [-0.2, -0.15) is 4.98 Å². The van der Waals surface area contributed by atoms with Gasteiger partial charge in [0.05, 0.1) is 10.7 Å². The number of anilines is 3. The summed E-state index contributed by atoms with van der Waals surface area (Å²) in [6.45, 7) is 12.7. The molecule has 2 aliphatic rings. The Labute approximate surface area is 234 Å². The molecule has 0 spiro atoms. The van der Waals surface area contributed by atoms with Crippen LogP contribution >= 0.6 is 11.6 Å². The highest BCUT2D eigenvalue weighted by Crippen LogP contribution is 2.36. The zero-order chi connectivity index (χ0) is 27.7. The second-order valence-corrected chi connectivity index (χ2v) is 11.5. The topological polar surface area (TPSA) is 87.1 Å². The van der Waals surface area contributed by atoms with Crippen molar-refractivity contribution < 1.29 is 4.39 Å². The molecule has 0 saturated carbocycles. The third-order valence-electron chi connectivity index (χ3n) is 8.40. The first-order valence-corrected chi connectivity index (χ1v) is 14.5. The Hall–Kier alpha value is -2.75. The zero-order valence-corrected chi connectivity index (χ0v) is 24.0. The largest absolute Gasteiger partial charge is 0.370 e. The maximum Gasteiger partial charge on any atom is 0.288 e. The lowest BCUT2D eigenvalue weighted by molar-refractivity contribution is 0.191. The third-order valence-corrected chi connectivity index (χ3v) is 8.71. The second-order valence-electron chi connectivity index (χ2n) is 11.1. The van der Waals surface area contributed by atoms with Gasteiger partial charge in [0.25, 0.3) is 5.56 Å². The molecule has 3 aromatic rings. The minimum atomic E-state index is -0.764. The van der Waals surface area contributed by atoms with E-state index in [9.17, 15) is 9.18 Å². The van der Waals surface area contributed by atoms with Crippen LogP contribution in [0.2, 0.25) is 5.02 Å². The number of nitrogens with zero attached hydrogens (tertiary/aromatic N) is 4. The molecule has 1 aromatic carbocycles. The monoisotopic (exact) mass is 555 g/mol. The average molecular weight is 556 g/mol.